The van der Waals surface area contributed by atoms with Gasteiger partial charge >= 0.3 is 0 Å². The monoisotopic (exact) mass is 218 g/mol. The number of carbonyl (C=O) groups excluding carboxylic acids is 1. The Kier molecular flexibility index (Phi) is 3.28. The molecule has 0 saturated heterocycles. The van der Waals surface area contributed by atoms with Gasteiger partial charge in [-0.3, -0.25) is 4.79 Å². The highest BCUT2D eigenvalue weighted by molar-refractivity contribution is 6.02. The van der Waals surface area contributed by atoms with E-state index >= 15 is 0 Å². The number of Topliss-reactive ketones (excluding diaryl/α,β-unsaturated/α-hetero) is 1. The number of methoxy groups -OCH3 is 1. The summed E-state index contributed by atoms with van der Waals surface area (Å²) in [4.78, 5) is 12.2. The molecule has 0 aliphatic heterocycles. The first-order chi connectivity index (χ1) is 7.77. The van der Waals surface area contributed by atoms with E-state index in [4.69, 9.17) is 4.74 Å². The van der Waals surface area contributed by atoms with Gasteiger partial charge in [0.25, 0.3) is 0 Å². The Hall–Kier alpha value is -1.31. The number of carbonyl (C=O) groups is 1. The lowest BCUT2D eigenvalue weighted by molar-refractivity contribution is 0.0963. The first kappa shape index (κ1) is 11.2. The summed E-state index contributed by atoms with van der Waals surface area (Å²) in [6.45, 7) is 2.13. The number of hydrogen-bond acceptors (Lipinski definition) is 2. The van der Waals surface area contributed by atoms with Crippen LogP contribution >= 0.6 is 0 Å². The van der Waals surface area contributed by atoms with Gasteiger partial charge in [0, 0.05) is 5.92 Å². The Morgan fingerprint density at radius 2 is 2.19 bits per heavy atom. The van der Waals surface area contributed by atoms with Crippen LogP contribution in [-0.2, 0) is 6.42 Å². The van der Waals surface area contributed by atoms with Crippen molar-refractivity contribution in [2.75, 3.05) is 7.11 Å². The molecule has 1 aliphatic carbocycles. The van der Waals surface area contributed by atoms with E-state index in [0.717, 1.165) is 42.6 Å². The van der Waals surface area contributed by atoms with Gasteiger partial charge in [-0.15, -0.1) is 0 Å². The molecule has 1 saturated carbocycles. The summed E-state index contributed by atoms with van der Waals surface area (Å²) in [6.07, 6.45) is 4.09. The number of ketones is 1. The lowest BCUT2D eigenvalue weighted by atomic mass is 9.96. The highest BCUT2D eigenvalue weighted by Crippen LogP contribution is 2.36. The maximum Gasteiger partial charge on any atom is 0.169 e. The molecule has 0 bridgehead atoms. The van der Waals surface area contributed by atoms with Crippen LogP contribution in [0.4, 0.5) is 0 Å². The largest absolute Gasteiger partial charge is 0.496 e. The predicted molar refractivity (Wildman–Crippen MR) is 64.0 cm³/mol. The molecule has 0 aromatic heterocycles. The molecule has 0 radical (unpaired) electrons. The summed E-state index contributed by atoms with van der Waals surface area (Å²) >= 11 is 0. The van der Waals surface area contributed by atoms with Crippen molar-refractivity contribution in [2.24, 2.45) is 5.92 Å². The third-order valence-electron chi connectivity index (χ3n) is 3.05. The van der Waals surface area contributed by atoms with Crippen LogP contribution in [0.5, 0.6) is 5.75 Å². The van der Waals surface area contributed by atoms with Crippen molar-refractivity contribution in [3.05, 3.63) is 29.3 Å². The van der Waals surface area contributed by atoms with Gasteiger partial charge in [0.2, 0.25) is 0 Å². The second kappa shape index (κ2) is 4.69. The molecule has 2 rings (SSSR count). The van der Waals surface area contributed by atoms with Crippen LogP contribution in [0.1, 0.15) is 42.1 Å². The average molecular weight is 218 g/mol. The summed E-state index contributed by atoms with van der Waals surface area (Å²) < 4.78 is 5.31. The SMILES string of the molecule is CCCc1cccc(OC)c1C(=O)C1CC1. The molecule has 16 heavy (non-hydrogen) atoms. The Balaban J connectivity index is 2.39. The molecular weight excluding hydrogens is 200 g/mol. The number of rotatable bonds is 5. The van der Waals surface area contributed by atoms with Crippen LogP contribution in [-0.4, -0.2) is 12.9 Å². The summed E-state index contributed by atoms with van der Waals surface area (Å²) in [5.74, 6) is 1.27. The van der Waals surface area contributed by atoms with Crippen molar-refractivity contribution in [1.82, 2.24) is 0 Å². The summed E-state index contributed by atoms with van der Waals surface area (Å²) in [5, 5.41) is 0. The van der Waals surface area contributed by atoms with Gasteiger partial charge in [0.15, 0.2) is 5.78 Å². The molecule has 1 aromatic rings. The van der Waals surface area contributed by atoms with Crippen LogP contribution in [0.2, 0.25) is 0 Å². The molecular formula is C14H18O2. The molecule has 1 aromatic carbocycles. The van der Waals surface area contributed by atoms with Gasteiger partial charge in [0.05, 0.1) is 12.7 Å². The van der Waals surface area contributed by atoms with Gasteiger partial charge in [-0.05, 0) is 30.9 Å². The van der Waals surface area contributed by atoms with Crippen molar-refractivity contribution in [3.8, 4) is 5.75 Å². The zero-order valence-electron chi connectivity index (χ0n) is 9.95. The van der Waals surface area contributed by atoms with Gasteiger partial charge in [-0.2, -0.15) is 0 Å². The predicted octanol–water partition coefficient (Wildman–Crippen LogP) is 3.24. The molecule has 0 unspecified atom stereocenters. The molecule has 1 aliphatic rings. The Bertz CT molecular complexity index is 392. The fourth-order valence-electron chi connectivity index (χ4n) is 2.05. The molecule has 2 nitrogen and oxygen atoms in total. The van der Waals surface area contributed by atoms with Crippen molar-refractivity contribution in [2.45, 2.75) is 32.6 Å². The fraction of sp³-hybridized carbons (Fsp3) is 0.500. The smallest absolute Gasteiger partial charge is 0.169 e. The van der Waals surface area contributed by atoms with E-state index in [0.29, 0.717) is 0 Å². The first-order valence-electron chi connectivity index (χ1n) is 5.98. The number of aryl methyl sites for hydroxylation is 1. The second-order valence-electron chi connectivity index (χ2n) is 4.38. The molecule has 0 atom stereocenters. The number of hydrogen-bond donors (Lipinski definition) is 0. The van der Waals surface area contributed by atoms with Crippen molar-refractivity contribution < 1.29 is 9.53 Å². The summed E-state index contributed by atoms with van der Waals surface area (Å²) in [6, 6.07) is 5.89. The summed E-state index contributed by atoms with van der Waals surface area (Å²) in [5.41, 5.74) is 1.97. The lowest BCUT2D eigenvalue weighted by Crippen LogP contribution is -2.08. The van der Waals surface area contributed by atoms with Crippen LogP contribution in [0.15, 0.2) is 18.2 Å². The van der Waals surface area contributed by atoms with Gasteiger partial charge in [0.1, 0.15) is 5.75 Å². The van der Waals surface area contributed by atoms with Crippen LogP contribution in [0, 0.1) is 5.92 Å². The highest BCUT2D eigenvalue weighted by Gasteiger charge is 2.33. The van der Waals surface area contributed by atoms with Gasteiger partial charge in [-0.1, -0.05) is 25.5 Å². The quantitative estimate of drug-likeness (QED) is 0.709. The molecule has 1 fully saturated rings. The van der Waals surface area contributed by atoms with E-state index in [9.17, 15) is 4.79 Å². The molecule has 0 spiro atoms. The first-order valence-corrected chi connectivity index (χ1v) is 5.98. The van der Waals surface area contributed by atoms with Crippen LogP contribution in [0.25, 0.3) is 0 Å². The Morgan fingerprint density at radius 1 is 1.44 bits per heavy atom. The van der Waals surface area contributed by atoms with E-state index in [1.54, 1.807) is 7.11 Å². The molecule has 2 heteroatoms. The molecule has 0 N–H and O–H groups in total. The Labute approximate surface area is 96.6 Å². The minimum atomic E-state index is 0.256. The maximum atomic E-state index is 12.2. The van der Waals surface area contributed by atoms with E-state index < -0.39 is 0 Å². The van der Waals surface area contributed by atoms with Crippen LogP contribution < -0.4 is 4.74 Å². The van der Waals surface area contributed by atoms with Gasteiger partial charge in [-0.25, -0.2) is 0 Å². The average Bonchev–Trinajstić information content (AvgIpc) is 3.12. The van der Waals surface area contributed by atoms with E-state index in [2.05, 4.69) is 6.92 Å². The van der Waals surface area contributed by atoms with E-state index in [-0.39, 0.29) is 11.7 Å². The number of ether oxygens (including phenoxy) is 1. The van der Waals surface area contributed by atoms with Gasteiger partial charge < -0.3 is 4.74 Å². The van der Waals surface area contributed by atoms with Crippen molar-refractivity contribution in [3.63, 3.8) is 0 Å². The lowest BCUT2D eigenvalue weighted by Gasteiger charge is -2.12. The molecule has 0 heterocycles. The normalized spacial score (nSPS) is 14.9. The number of benzene rings is 1. The zero-order chi connectivity index (χ0) is 11.5. The minimum Gasteiger partial charge on any atom is -0.496 e. The Morgan fingerprint density at radius 3 is 2.75 bits per heavy atom. The van der Waals surface area contributed by atoms with Crippen molar-refractivity contribution in [1.29, 1.82) is 0 Å². The zero-order valence-corrected chi connectivity index (χ0v) is 9.95. The van der Waals surface area contributed by atoms with Crippen LogP contribution in [0.3, 0.4) is 0 Å². The maximum absolute atomic E-state index is 12.2. The standard InChI is InChI=1S/C14H18O2/c1-3-5-10-6-4-7-12(16-2)13(10)14(15)11-8-9-11/h4,6-7,11H,3,5,8-9H2,1-2H3. The van der Waals surface area contributed by atoms with E-state index in [1.807, 2.05) is 18.2 Å². The third-order valence-corrected chi connectivity index (χ3v) is 3.05. The molecule has 86 valence electrons. The highest BCUT2D eigenvalue weighted by atomic mass is 16.5. The minimum absolute atomic E-state index is 0.256. The van der Waals surface area contributed by atoms with Crippen molar-refractivity contribution >= 4 is 5.78 Å². The fourth-order valence-corrected chi connectivity index (χ4v) is 2.05. The third kappa shape index (κ3) is 2.11. The molecule has 0 amide bonds. The second-order valence-corrected chi connectivity index (χ2v) is 4.38. The topological polar surface area (TPSA) is 26.3 Å². The van der Waals surface area contributed by atoms with E-state index in [1.165, 1.54) is 0 Å². The summed E-state index contributed by atoms with van der Waals surface area (Å²) in [7, 11) is 1.63.